The lowest BCUT2D eigenvalue weighted by Crippen LogP contribution is -2.02. The molecule has 0 saturated carbocycles. The summed E-state index contributed by atoms with van der Waals surface area (Å²) < 4.78 is 5.40. The molecule has 3 heteroatoms. The van der Waals surface area contributed by atoms with Crippen LogP contribution >= 0.6 is 11.5 Å². The van der Waals surface area contributed by atoms with Crippen LogP contribution in [0.25, 0.3) is 10.1 Å². The van der Waals surface area contributed by atoms with E-state index >= 15 is 0 Å². The smallest absolute Gasteiger partial charge is 0.0552 e. The van der Waals surface area contributed by atoms with Crippen molar-refractivity contribution in [3.8, 4) is 0 Å². The molecule has 0 aliphatic carbocycles. The molecular weight excluding hydrogens is 168 g/mol. The number of rotatable bonds is 2. The maximum absolute atomic E-state index is 5.50. The molecule has 0 aliphatic heterocycles. The third-order valence-corrected chi connectivity index (χ3v) is 2.67. The highest BCUT2D eigenvalue weighted by molar-refractivity contribution is 7.13. The molecule has 12 heavy (non-hydrogen) atoms. The summed E-state index contributed by atoms with van der Waals surface area (Å²) in [4.78, 5) is 0. The quantitative estimate of drug-likeness (QED) is 0.761. The van der Waals surface area contributed by atoms with Gasteiger partial charge in [0.25, 0.3) is 0 Å². The summed E-state index contributed by atoms with van der Waals surface area (Å²) in [5.74, 6) is 0. The fourth-order valence-electron chi connectivity index (χ4n) is 1.32. The molecule has 2 N–H and O–H groups in total. The lowest BCUT2D eigenvalue weighted by Gasteiger charge is -1.98. The number of fused-ring (bicyclic) bond motifs is 1. The first-order valence-electron chi connectivity index (χ1n) is 3.94. The Hall–Kier alpha value is -0.930. The van der Waals surface area contributed by atoms with Crippen LogP contribution in [0.2, 0.25) is 0 Å². The molecule has 0 bridgehead atoms. The fraction of sp³-hybridized carbons (Fsp3) is 0.222. The summed E-state index contributed by atoms with van der Waals surface area (Å²) in [7, 11) is 0. The van der Waals surface area contributed by atoms with Gasteiger partial charge in [0.15, 0.2) is 0 Å². The molecule has 0 fully saturated rings. The first kappa shape index (κ1) is 7.71. The van der Waals surface area contributed by atoms with Gasteiger partial charge in [-0.15, -0.1) is 0 Å². The molecule has 0 radical (unpaired) electrons. The minimum absolute atomic E-state index is 0.703. The number of benzene rings is 1. The van der Waals surface area contributed by atoms with E-state index in [-0.39, 0.29) is 0 Å². The first-order chi connectivity index (χ1) is 5.92. The maximum Gasteiger partial charge on any atom is 0.0552 e. The molecule has 0 unspecified atom stereocenters. The standard InChI is InChI=1S/C9H10N2S/c10-5-4-7-2-1-3-9-8(7)6-11-12-9/h1-3,6H,4-5,10H2. The average molecular weight is 178 g/mol. The molecule has 1 heterocycles. The number of aromatic nitrogens is 1. The summed E-state index contributed by atoms with van der Waals surface area (Å²) in [6.45, 7) is 0.703. The van der Waals surface area contributed by atoms with Crippen LogP contribution in [0, 0.1) is 0 Å². The van der Waals surface area contributed by atoms with Gasteiger partial charge in [0.1, 0.15) is 0 Å². The molecule has 0 aliphatic rings. The van der Waals surface area contributed by atoms with Crippen LogP contribution in [-0.4, -0.2) is 10.9 Å². The molecule has 0 atom stereocenters. The van der Waals surface area contributed by atoms with E-state index in [1.165, 1.54) is 27.2 Å². The second-order valence-electron chi connectivity index (χ2n) is 2.69. The summed E-state index contributed by atoms with van der Waals surface area (Å²) in [6, 6.07) is 6.27. The van der Waals surface area contributed by atoms with Gasteiger partial charge in [-0.1, -0.05) is 12.1 Å². The van der Waals surface area contributed by atoms with E-state index in [4.69, 9.17) is 5.73 Å². The van der Waals surface area contributed by atoms with Crippen molar-refractivity contribution in [2.24, 2.45) is 5.73 Å². The predicted octanol–water partition coefficient (Wildman–Crippen LogP) is 1.80. The number of nitrogens with zero attached hydrogens (tertiary/aromatic N) is 1. The lowest BCUT2D eigenvalue weighted by molar-refractivity contribution is 0.977. The van der Waals surface area contributed by atoms with Gasteiger partial charge in [-0.2, -0.15) is 4.37 Å². The zero-order valence-electron chi connectivity index (χ0n) is 6.66. The Balaban J connectivity index is 2.57. The summed E-state index contributed by atoms with van der Waals surface area (Å²) in [5, 5.41) is 1.26. The Morgan fingerprint density at radius 2 is 2.33 bits per heavy atom. The van der Waals surface area contributed by atoms with E-state index in [0.717, 1.165) is 6.42 Å². The highest BCUT2D eigenvalue weighted by Crippen LogP contribution is 2.21. The Bertz CT molecular complexity index is 381. The molecule has 2 aromatic rings. The van der Waals surface area contributed by atoms with Gasteiger partial charge in [-0.25, -0.2) is 0 Å². The predicted molar refractivity (Wildman–Crippen MR) is 52.4 cm³/mol. The summed E-state index contributed by atoms with van der Waals surface area (Å²) in [5.41, 5.74) is 6.81. The van der Waals surface area contributed by atoms with Gasteiger partial charge < -0.3 is 5.73 Å². The monoisotopic (exact) mass is 178 g/mol. The van der Waals surface area contributed by atoms with Crippen LogP contribution in [0.4, 0.5) is 0 Å². The van der Waals surface area contributed by atoms with Crippen molar-refractivity contribution in [2.75, 3.05) is 6.54 Å². The van der Waals surface area contributed by atoms with E-state index in [1.54, 1.807) is 0 Å². The SMILES string of the molecule is NCCc1cccc2sncc12. The van der Waals surface area contributed by atoms with Crippen LogP contribution in [-0.2, 0) is 6.42 Å². The van der Waals surface area contributed by atoms with Crippen LogP contribution in [0.15, 0.2) is 24.4 Å². The van der Waals surface area contributed by atoms with Gasteiger partial charge >= 0.3 is 0 Å². The second kappa shape index (κ2) is 3.21. The number of nitrogens with two attached hydrogens (primary N) is 1. The van der Waals surface area contributed by atoms with Crippen molar-refractivity contribution in [1.82, 2.24) is 4.37 Å². The highest BCUT2D eigenvalue weighted by atomic mass is 32.1. The molecule has 0 saturated heterocycles. The third-order valence-electron chi connectivity index (χ3n) is 1.90. The van der Waals surface area contributed by atoms with Crippen LogP contribution in [0.3, 0.4) is 0 Å². The van der Waals surface area contributed by atoms with Crippen molar-refractivity contribution >= 4 is 21.6 Å². The summed E-state index contributed by atoms with van der Waals surface area (Å²) >= 11 is 1.54. The Morgan fingerprint density at radius 3 is 3.17 bits per heavy atom. The normalized spacial score (nSPS) is 10.8. The largest absolute Gasteiger partial charge is 0.330 e. The maximum atomic E-state index is 5.50. The third kappa shape index (κ3) is 1.21. The van der Waals surface area contributed by atoms with E-state index in [2.05, 4.69) is 22.6 Å². The molecule has 2 nitrogen and oxygen atoms in total. The van der Waals surface area contributed by atoms with Crippen molar-refractivity contribution in [3.05, 3.63) is 30.0 Å². The Morgan fingerprint density at radius 1 is 1.42 bits per heavy atom. The second-order valence-corrected chi connectivity index (χ2v) is 3.53. The average Bonchev–Trinajstić information content (AvgIpc) is 2.53. The van der Waals surface area contributed by atoms with Gasteiger partial charge in [0.2, 0.25) is 0 Å². The summed E-state index contributed by atoms with van der Waals surface area (Å²) in [6.07, 6.45) is 2.86. The number of hydrogen-bond donors (Lipinski definition) is 1. The molecule has 62 valence electrons. The van der Waals surface area contributed by atoms with Gasteiger partial charge in [0, 0.05) is 11.6 Å². The van der Waals surface area contributed by atoms with E-state index in [9.17, 15) is 0 Å². The zero-order valence-corrected chi connectivity index (χ0v) is 7.47. The van der Waals surface area contributed by atoms with Crippen LogP contribution < -0.4 is 5.73 Å². The molecular formula is C9H10N2S. The molecule has 0 amide bonds. The Labute approximate surface area is 75.2 Å². The molecule has 2 rings (SSSR count). The van der Waals surface area contributed by atoms with E-state index in [1.807, 2.05) is 6.20 Å². The van der Waals surface area contributed by atoms with Crippen LogP contribution in [0.5, 0.6) is 0 Å². The van der Waals surface area contributed by atoms with Crippen molar-refractivity contribution < 1.29 is 0 Å². The van der Waals surface area contributed by atoms with E-state index in [0.29, 0.717) is 6.54 Å². The molecule has 1 aromatic heterocycles. The van der Waals surface area contributed by atoms with Gasteiger partial charge in [0.05, 0.1) is 4.70 Å². The van der Waals surface area contributed by atoms with Crippen molar-refractivity contribution in [2.45, 2.75) is 6.42 Å². The minimum Gasteiger partial charge on any atom is -0.330 e. The Kier molecular flexibility index (Phi) is 2.06. The zero-order chi connectivity index (χ0) is 8.39. The molecule has 0 spiro atoms. The van der Waals surface area contributed by atoms with Crippen molar-refractivity contribution in [1.29, 1.82) is 0 Å². The van der Waals surface area contributed by atoms with Crippen LogP contribution in [0.1, 0.15) is 5.56 Å². The van der Waals surface area contributed by atoms with Gasteiger partial charge in [-0.05, 0) is 36.1 Å². The number of hydrogen-bond acceptors (Lipinski definition) is 3. The fourth-order valence-corrected chi connectivity index (χ4v) is 2.02. The lowest BCUT2D eigenvalue weighted by atomic mass is 10.1. The topological polar surface area (TPSA) is 38.9 Å². The highest BCUT2D eigenvalue weighted by Gasteiger charge is 2.00. The van der Waals surface area contributed by atoms with Crippen molar-refractivity contribution in [3.63, 3.8) is 0 Å². The van der Waals surface area contributed by atoms with Gasteiger partial charge in [-0.3, -0.25) is 0 Å². The minimum atomic E-state index is 0.703. The first-order valence-corrected chi connectivity index (χ1v) is 4.71. The van der Waals surface area contributed by atoms with E-state index < -0.39 is 0 Å². The molecule has 1 aromatic carbocycles.